The minimum atomic E-state index is 0.224. The predicted molar refractivity (Wildman–Crippen MR) is 76.7 cm³/mol. The van der Waals surface area contributed by atoms with Crippen molar-refractivity contribution in [3.8, 4) is 0 Å². The van der Waals surface area contributed by atoms with Gasteiger partial charge in [0.1, 0.15) is 0 Å². The summed E-state index contributed by atoms with van der Waals surface area (Å²) < 4.78 is 0. The third-order valence-corrected chi connectivity index (χ3v) is 5.52. The summed E-state index contributed by atoms with van der Waals surface area (Å²) in [7, 11) is 2.28. The van der Waals surface area contributed by atoms with Gasteiger partial charge in [-0.25, -0.2) is 0 Å². The lowest BCUT2D eigenvalue weighted by atomic mass is 9.75. The first-order valence-corrected chi connectivity index (χ1v) is 7.78. The normalized spacial score (nSPS) is 27.8. The molecule has 0 aromatic carbocycles. The molecule has 2 rings (SSSR count). The van der Waals surface area contributed by atoms with Gasteiger partial charge in [0, 0.05) is 24.6 Å². The van der Waals surface area contributed by atoms with E-state index in [-0.39, 0.29) is 5.41 Å². The van der Waals surface area contributed by atoms with E-state index in [2.05, 4.69) is 25.8 Å². The molecule has 0 amide bonds. The average Bonchev–Trinajstić information content (AvgIpc) is 2.78. The Labute approximate surface area is 113 Å². The van der Waals surface area contributed by atoms with E-state index in [0.29, 0.717) is 12.0 Å². The minimum absolute atomic E-state index is 0.224. The summed E-state index contributed by atoms with van der Waals surface area (Å²) >= 11 is 0. The molecule has 1 N–H and O–H groups in total. The smallest absolute Gasteiger partial charge is 0.0499 e. The molecular weight excluding hydrogens is 222 g/mol. The molecule has 0 unspecified atom stereocenters. The second kappa shape index (κ2) is 5.50. The van der Waals surface area contributed by atoms with Gasteiger partial charge < -0.3 is 10.0 Å². The molecule has 2 saturated carbocycles. The van der Waals surface area contributed by atoms with Gasteiger partial charge in [-0.05, 0) is 51.0 Å². The van der Waals surface area contributed by atoms with E-state index in [1.54, 1.807) is 0 Å². The molecule has 0 heterocycles. The van der Waals surface area contributed by atoms with Gasteiger partial charge in [-0.1, -0.05) is 26.7 Å². The van der Waals surface area contributed by atoms with E-state index >= 15 is 0 Å². The highest BCUT2D eigenvalue weighted by Gasteiger charge is 2.37. The van der Waals surface area contributed by atoms with E-state index < -0.39 is 0 Å². The number of hydrogen-bond acceptors (Lipinski definition) is 2. The van der Waals surface area contributed by atoms with E-state index in [0.717, 1.165) is 12.6 Å². The summed E-state index contributed by atoms with van der Waals surface area (Å²) in [6, 6.07) is 0.752. The van der Waals surface area contributed by atoms with Gasteiger partial charge in [-0.3, -0.25) is 0 Å². The summed E-state index contributed by atoms with van der Waals surface area (Å²) in [4.78, 5) is 2.55. The van der Waals surface area contributed by atoms with E-state index in [9.17, 15) is 5.11 Å². The van der Waals surface area contributed by atoms with Crippen molar-refractivity contribution in [3.63, 3.8) is 0 Å². The predicted octanol–water partition coefficient (Wildman–Crippen LogP) is 3.44. The van der Waals surface area contributed by atoms with Gasteiger partial charge in [0.15, 0.2) is 0 Å². The molecule has 0 atom stereocenters. The van der Waals surface area contributed by atoms with Crippen molar-refractivity contribution in [2.75, 3.05) is 20.2 Å². The molecule has 2 heteroatoms. The third kappa shape index (κ3) is 3.27. The van der Waals surface area contributed by atoms with Crippen LogP contribution in [0.5, 0.6) is 0 Å². The molecule has 0 spiro atoms. The zero-order chi connectivity index (χ0) is 13.2. The highest BCUT2D eigenvalue weighted by molar-refractivity contribution is 4.90. The van der Waals surface area contributed by atoms with Crippen LogP contribution in [-0.4, -0.2) is 36.2 Å². The lowest BCUT2D eigenvalue weighted by molar-refractivity contribution is 0.0496. The van der Waals surface area contributed by atoms with Crippen LogP contribution in [0.3, 0.4) is 0 Å². The Bertz CT molecular complexity index is 258. The average molecular weight is 253 g/mol. The summed E-state index contributed by atoms with van der Waals surface area (Å²) in [5.74, 6) is 0. The summed E-state index contributed by atoms with van der Waals surface area (Å²) in [5.41, 5.74) is 0.779. The first-order chi connectivity index (χ1) is 8.46. The second-order valence-electron chi connectivity index (χ2n) is 7.68. The number of rotatable bonds is 4. The zero-order valence-corrected chi connectivity index (χ0v) is 12.5. The molecule has 0 saturated heterocycles. The molecule has 2 nitrogen and oxygen atoms in total. The fraction of sp³-hybridized carbons (Fsp3) is 1.00. The number of aliphatic hydroxyl groups excluding tert-OH is 1. The quantitative estimate of drug-likeness (QED) is 0.829. The first-order valence-electron chi connectivity index (χ1n) is 7.78. The van der Waals surface area contributed by atoms with Crippen molar-refractivity contribution in [1.29, 1.82) is 0 Å². The van der Waals surface area contributed by atoms with Crippen molar-refractivity contribution >= 4 is 0 Å². The SMILES string of the molecule is CN(CC1(CO)CCCC1)C1CCC(C)(C)CC1. The molecule has 18 heavy (non-hydrogen) atoms. The Balaban J connectivity index is 1.86. The number of nitrogens with zero attached hydrogens (tertiary/aromatic N) is 1. The Hall–Kier alpha value is -0.0800. The van der Waals surface area contributed by atoms with E-state index in [4.69, 9.17) is 0 Å². The van der Waals surface area contributed by atoms with Crippen LogP contribution >= 0.6 is 0 Å². The maximum atomic E-state index is 9.72. The van der Waals surface area contributed by atoms with E-state index in [1.807, 2.05) is 0 Å². The lowest BCUT2D eigenvalue weighted by Crippen LogP contribution is -2.44. The van der Waals surface area contributed by atoms with Gasteiger partial charge in [0.2, 0.25) is 0 Å². The monoisotopic (exact) mass is 253 g/mol. The Kier molecular flexibility index (Phi) is 4.38. The highest BCUT2D eigenvalue weighted by atomic mass is 16.3. The topological polar surface area (TPSA) is 23.5 Å². The minimum Gasteiger partial charge on any atom is -0.396 e. The van der Waals surface area contributed by atoms with Crippen LogP contribution in [0.2, 0.25) is 0 Å². The van der Waals surface area contributed by atoms with Crippen molar-refractivity contribution in [3.05, 3.63) is 0 Å². The Morgan fingerprint density at radius 2 is 1.61 bits per heavy atom. The van der Waals surface area contributed by atoms with Gasteiger partial charge >= 0.3 is 0 Å². The first kappa shape index (κ1) is 14.3. The van der Waals surface area contributed by atoms with E-state index in [1.165, 1.54) is 51.4 Å². The van der Waals surface area contributed by atoms with Crippen LogP contribution < -0.4 is 0 Å². The molecule has 0 bridgehead atoms. The number of aliphatic hydroxyl groups is 1. The van der Waals surface area contributed by atoms with Gasteiger partial charge in [-0.15, -0.1) is 0 Å². The van der Waals surface area contributed by atoms with Crippen molar-refractivity contribution in [2.24, 2.45) is 10.8 Å². The molecule has 2 aliphatic rings. The summed E-state index contributed by atoms with van der Waals surface area (Å²) in [6.07, 6.45) is 10.5. The van der Waals surface area contributed by atoms with Crippen LogP contribution in [-0.2, 0) is 0 Å². The van der Waals surface area contributed by atoms with Crippen LogP contribution in [0.4, 0.5) is 0 Å². The van der Waals surface area contributed by atoms with Gasteiger partial charge in [-0.2, -0.15) is 0 Å². The van der Waals surface area contributed by atoms with Gasteiger partial charge in [0.25, 0.3) is 0 Å². The number of hydrogen-bond donors (Lipinski definition) is 1. The fourth-order valence-electron chi connectivity index (χ4n) is 3.97. The Morgan fingerprint density at radius 1 is 1.06 bits per heavy atom. The molecule has 0 radical (unpaired) electrons. The summed E-state index contributed by atoms with van der Waals surface area (Å²) in [5, 5.41) is 9.72. The molecular formula is C16H31NO. The maximum Gasteiger partial charge on any atom is 0.0499 e. The third-order valence-electron chi connectivity index (χ3n) is 5.52. The van der Waals surface area contributed by atoms with Crippen molar-refractivity contribution in [2.45, 2.75) is 71.3 Å². The molecule has 106 valence electrons. The van der Waals surface area contributed by atoms with Crippen molar-refractivity contribution < 1.29 is 5.11 Å². The second-order valence-corrected chi connectivity index (χ2v) is 7.68. The molecule has 0 aromatic heterocycles. The molecule has 0 aliphatic heterocycles. The van der Waals surface area contributed by atoms with Crippen molar-refractivity contribution in [1.82, 2.24) is 4.90 Å². The fourth-order valence-corrected chi connectivity index (χ4v) is 3.97. The van der Waals surface area contributed by atoms with Gasteiger partial charge in [0.05, 0.1) is 0 Å². The molecule has 2 fully saturated rings. The highest BCUT2D eigenvalue weighted by Crippen LogP contribution is 2.41. The van der Waals surface area contributed by atoms with Crippen LogP contribution in [0.25, 0.3) is 0 Å². The lowest BCUT2D eigenvalue weighted by Gasteiger charge is -2.41. The zero-order valence-electron chi connectivity index (χ0n) is 12.5. The maximum absolute atomic E-state index is 9.72. The van der Waals surface area contributed by atoms with Crippen LogP contribution in [0.15, 0.2) is 0 Å². The summed E-state index contributed by atoms with van der Waals surface area (Å²) in [6.45, 7) is 6.29. The van der Waals surface area contributed by atoms with Crippen LogP contribution in [0, 0.1) is 10.8 Å². The molecule has 0 aromatic rings. The van der Waals surface area contributed by atoms with Crippen LogP contribution in [0.1, 0.15) is 65.2 Å². The standard InChI is InChI=1S/C16H31NO/c1-15(2)10-6-14(7-11-15)17(3)12-16(13-18)8-4-5-9-16/h14,18H,4-13H2,1-3H3. The Morgan fingerprint density at radius 3 is 2.11 bits per heavy atom. The largest absolute Gasteiger partial charge is 0.396 e. The molecule has 2 aliphatic carbocycles.